The second-order valence-corrected chi connectivity index (χ2v) is 5.84. The Hall–Kier alpha value is -2.96. The molecule has 25 heavy (non-hydrogen) atoms. The maximum atomic E-state index is 13.4. The van der Waals surface area contributed by atoms with E-state index < -0.39 is 0 Å². The first-order valence-electron chi connectivity index (χ1n) is 8.11. The van der Waals surface area contributed by atoms with Crippen LogP contribution in [0, 0.1) is 5.82 Å². The van der Waals surface area contributed by atoms with Gasteiger partial charge in [0.25, 0.3) is 5.91 Å². The highest BCUT2D eigenvalue weighted by Crippen LogP contribution is 2.13. The Morgan fingerprint density at radius 2 is 2.20 bits per heavy atom. The van der Waals surface area contributed by atoms with Crippen LogP contribution >= 0.6 is 0 Å². The molecular weight excluding hydrogens is 323 g/mol. The molecule has 2 N–H and O–H groups in total. The molecule has 1 fully saturated rings. The highest BCUT2D eigenvalue weighted by molar-refractivity contribution is 5.92. The van der Waals surface area contributed by atoms with E-state index >= 15 is 0 Å². The van der Waals surface area contributed by atoms with Gasteiger partial charge in [-0.25, -0.2) is 9.18 Å². The molecule has 0 saturated carbocycles. The van der Waals surface area contributed by atoms with Crippen LogP contribution in [0.3, 0.4) is 0 Å². The molecule has 0 aliphatic carbocycles. The van der Waals surface area contributed by atoms with Crippen LogP contribution in [-0.2, 0) is 6.42 Å². The summed E-state index contributed by atoms with van der Waals surface area (Å²) >= 11 is 0. The zero-order valence-electron chi connectivity index (χ0n) is 13.6. The van der Waals surface area contributed by atoms with Crippen molar-refractivity contribution in [1.29, 1.82) is 0 Å². The van der Waals surface area contributed by atoms with Gasteiger partial charge in [-0.2, -0.15) is 0 Å². The summed E-state index contributed by atoms with van der Waals surface area (Å²) in [5.41, 5.74) is 1.09. The monoisotopic (exact) mass is 342 g/mol. The Balaban J connectivity index is 1.70. The van der Waals surface area contributed by atoms with Gasteiger partial charge in [-0.1, -0.05) is 18.2 Å². The van der Waals surface area contributed by atoms with Gasteiger partial charge in [0.05, 0.1) is 6.04 Å². The Bertz CT molecular complexity index is 754. The van der Waals surface area contributed by atoms with Crippen LogP contribution in [0.5, 0.6) is 0 Å². The van der Waals surface area contributed by atoms with Crippen LogP contribution in [0.1, 0.15) is 16.1 Å². The molecule has 2 aromatic rings. The highest BCUT2D eigenvalue weighted by Gasteiger charge is 2.28. The van der Waals surface area contributed by atoms with Crippen LogP contribution < -0.4 is 10.6 Å². The minimum Gasteiger partial charge on any atom is -0.349 e. The topological polar surface area (TPSA) is 74.3 Å². The fraction of sp³-hybridized carbons (Fsp3) is 0.278. The van der Waals surface area contributed by atoms with Crippen molar-refractivity contribution in [2.75, 3.05) is 19.6 Å². The number of pyridine rings is 1. The molecule has 1 aromatic carbocycles. The number of nitrogens with one attached hydrogen (secondary N) is 2. The number of hydrogen-bond donors (Lipinski definition) is 2. The van der Waals surface area contributed by atoms with E-state index in [1.54, 1.807) is 35.4 Å². The predicted molar refractivity (Wildman–Crippen MR) is 90.6 cm³/mol. The van der Waals surface area contributed by atoms with Gasteiger partial charge in [-0.3, -0.25) is 9.78 Å². The van der Waals surface area contributed by atoms with Crippen molar-refractivity contribution in [1.82, 2.24) is 20.5 Å². The Kier molecular flexibility index (Phi) is 5.23. The quantitative estimate of drug-likeness (QED) is 0.837. The number of benzene rings is 1. The van der Waals surface area contributed by atoms with Crippen LogP contribution in [0.4, 0.5) is 9.18 Å². The minimum absolute atomic E-state index is 0.173. The van der Waals surface area contributed by atoms with Crippen LogP contribution in [-0.4, -0.2) is 47.5 Å². The summed E-state index contributed by atoms with van der Waals surface area (Å²) in [7, 11) is 0. The van der Waals surface area contributed by atoms with Crippen molar-refractivity contribution in [3.05, 3.63) is 65.7 Å². The van der Waals surface area contributed by atoms with Crippen molar-refractivity contribution in [2.45, 2.75) is 12.5 Å². The second kappa shape index (κ2) is 7.74. The third-order valence-corrected chi connectivity index (χ3v) is 4.09. The third-order valence-electron chi connectivity index (χ3n) is 4.09. The van der Waals surface area contributed by atoms with Gasteiger partial charge in [0.15, 0.2) is 0 Å². The van der Waals surface area contributed by atoms with Gasteiger partial charge in [-0.15, -0.1) is 0 Å². The molecule has 0 radical (unpaired) electrons. The van der Waals surface area contributed by atoms with E-state index in [9.17, 15) is 14.0 Å². The molecule has 0 bridgehead atoms. The predicted octanol–water partition coefficient (Wildman–Crippen LogP) is 1.59. The van der Waals surface area contributed by atoms with E-state index in [0.717, 1.165) is 5.56 Å². The zero-order chi connectivity index (χ0) is 17.6. The average Bonchev–Trinajstić information content (AvgIpc) is 3.05. The van der Waals surface area contributed by atoms with E-state index in [-0.39, 0.29) is 30.3 Å². The van der Waals surface area contributed by atoms with Gasteiger partial charge in [0, 0.05) is 25.8 Å². The molecular formula is C18H19FN4O2. The molecule has 1 aliphatic rings. The molecule has 6 nitrogen and oxygen atoms in total. The lowest BCUT2D eigenvalue weighted by Gasteiger charge is -2.27. The number of hydrogen-bond acceptors (Lipinski definition) is 3. The van der Waals surface area contributed by atoms with Crippen molar-refractivity contribution in [3.8, 4) is 0 Å². The Labute approximate surface area is 145 Å². The lowest BCUT2D eigenvalue weighted by atomic mass is 10.0. The summed E-state index contributed by atoms with van der Waals surface area (Å²) in [5, 5.41) is 5.57. The first kappa shape index (κ1) is 16.9. The lowest BCUT2D eigenvalue weighted by molar-refractivity contribution is 0.0935. The summed E-state index contributed by atoms with van der Waals surface area (Å²) < 4.78 is 13.4. The SMILES string of the molecule is O=C(NCC(Cc1cccc(F)c1)N1CCNC1=O)c1ccccn1. The number of urea groups is 1. The van der Waals surface area contributed by atoms with Crippen LogP contribution in [0.15, 0.2) is 48.7 Å². The maximum absolute atomic E-state index is 13.4. The minimum atomic E-state index is -0.320. The molecule has 1 saturated heterocycles. The highest BCUT2D eigenvalue weighted by atomic mass is 19.1. The largest absolute Gasteiger partial charge is 0.349 e. The average molecular weight is 342 g/mol. The first-order valence-corrected chi connectivity index (χ1v) is 8.11. The number of aromatic nitrogens is 1. The summed E-state index contributed by atoms with van der Waals surface area (Å²) in [6.07, 6.45) is 2.00. The van der Waals surface area contributed by atoms with Crippen molar-refractivity contribution in [2.24, 2.45) is 0 Å². The van der Waals surface area contributed by atoms with Gasteiger partial charge in [0.2, 0.25) is 0 Å². The lowest BCUT2D eigenvalue weighted by Crippen LogP contribution is -2.46. The normalized spacial score (nSPS) is 14.9. The molecule has 1 atom stereocenters. The van der Waals surface area contributed by atoms with Crippen molar-refractivity contribution < 1.29 is 14.0 Å². The van der Waals surface area contributed by atoms with Crippen LogP contribution in [0.2, 0.25) is 0 Å². The Morgan fingerprint density at radius 3 is 2.88 bits per heavy atom. The van der Waals surface area contributed by atoms with Crippen molar-refractivity contribution >= 4 is 11.9 Å². The molecule has 130 valence electrons. The number of rotatable bonds is 6. The zero-order valence-corrected chi connectivity index (χ0v) is 13.6. The van der Waals surface area contributed by atoms with Crippen LogP contribution in [0.25, 0.3) is 0 Å². The third kappa shape index (κ3) is 4.32. The second-order valence-electron chi connectivity index (χ2n) is 5.84. The number of nitrogens with zero attached hydrogens (tertiary/aromatic N) is 2. The molecule has 0 spiro atoms. The summed E-state index contributed by atoms with van der Waals surface area (Å²) in [6.45, 7) is 1.38. The summed E-state index contributed by atoms with van der Waals surface area (Å²) in [6, 6.07) is 10.9. The fourth-order valence-electron chi connectivity index (χ4n) is 2.86. The molecule has 3 rings (SSSR count). The van der Waals surface area contributed by atoms with Crippen molar-refractivity contribution in [3.63, 3.8) is 0 Å². The number of carbonyl (C=O) groups excluding carboxylic acids is 2. The number of amides is 3. The van der Waals surface area contributed by atoms with E-state index in [2.05, 4.69) is 15.6 Å². The van der Waals surface area contributed by atoms with Gasteiger partial charge in [-0.05, 0) is 36.2 Å². The summed E-state index contributed by atoms with van der Waals surface area (Å²) in [5.74, 6) is -0.621. The van der Waals surface area contributed by atoms with Gasteiger partial charge in [0.1, 0.15) is 11.5 Å². The van der Waals surface area contributed by atoms with E-state index in [0.29, 0.717) is 25.2 Å². The number of halogens is 1. The summed E-state index contributed by atoms with van der Waals surface area (Å²) in [4.78, 5) is 29.9. The van der Waals surface area contributed by atoms with Gasteiger partial charge < -0.3 is 15.5 Å². The number of carbonyl (C=O) groups is 2. The van der Waals surface area contributed by atoms with E-state index in [4.69, 9.17) is 0 Å². The smallest absolute Gasteiger partial charge is 0.317 e. The molecule has 2 heterocycles. The van der Waals surface area contributed by atoms with E-state index in [1.807, 2.05) is 6.07 Å². The maximum Gasteiger partial charge on any atom is 0.317 e. The fourth-order valence-corrected chi connectivity index (χ4v) is 2.86. The standard InChI is InChI=1S/C18H19FN4O2/c19-14-5-3-4-13(10-14)11-15(23-9-8-21-18(23)25)12-22-17(24)16-6-1-2-7-20-16/h1-7,10,15H,8-9,11-12H2,(H,21,25)(H,22,24). The Morgan fingerprint density at radius 1 is 1.32 bits per heavy atom. The first-order chi connectivity index (χ1) is 12.1. The van der Waals surface area contributed by atoms with E-state index in [1.165, 1.54) is 12.1 Å². The van der Waals surface area contributed by atoms with Gasteiger partial charge >= 0.3 is 6.03 Å². The molecule has 1 aliphatic heterocycles. The molecule has 1 aromatic heterocycles. The molecule has 3 amide bonds. The molecule has 1 unspecified atom stereocenters. The molecule has 7 heteroatoms.